The van der Waals surface area contributed by atoms with Crippen molar-refractivity contribution < 1.29 is 14.6 Å². The summed E-state index contributed by atoms with van der Waals surface area (Å²) in [6, 6.07) is 0. The van der Waals surface area contributed by atoms with Crippen molar-refractivity contribution >= 4 is 28.6 Å². The van der Waals surface area contributed by atoms with E-state index in [1.807, 2.05) is 22.6 Å². The van der Waals surface area contributed by atoms with Crippen molar-refractivity contribution in [1.29, 1.82) is 0 Å². The van der Waals surface area contributed by atoms with Gasteiger partial charge in [0.1, 0.15) is 6.10 Å². The molecule has 1 aliphatic heterocycles. The van der Waals surface area contributed by atoms with Gasteiger partial charge in [-0.25, -0.2) is 4.79 Å². The molecule has 0 amide bonds. The molecule has 0 radical (unpaired) electrons. The smallest absolute Gasteiger partial charge is 0.336 e. The highest BCUT2D eigenvalue weighted by atomic mass is 127. The van der Waals surface area contributed by atoms with Crippen LogP contribution in [0.15, 0.2) is 0 Å². The Labute approximate surface area is 66.5 Å². The van der Waals surface area contributed by atoms with Crippen LogP contribution < -0.4 is 0 Å². The molecule has 0 aromatic carbocycles. The average molecular weight is 242 g/mol. The topological polar surface area (TPSA) is 46.5 Å². The van der Waals surface area contributed by atoms with Gasteiger partial charge in [-0.15, -0.1) is 0 Å². The number of rotatable bonds is 0. The van der Waals surface area contributed by atoms with Crippen molar-refractivity contribution in [3.8, 4) is 0 Å². The fraction of sp³-hybridized carbons (Fsp3) is 0.800. The van der Waals surface area contributed by atoms with Crippen LogP contribution in [-0.4, -0.2) is 27.2 Å². The van der Waals surface area contributed by atoms with E-state index in [0.717, 1.165) is 0 Å². The van der Waals surface area contributed by atoms with Crippen molar-refractivity contribution in [2.75, 3.05) is 0 Å². The number of hydrogen-bond acceptors (Lipinski definition) is 3. The number of carbonyl (C=O) groups is 1. The highest BCUT2D eigenvalue weighted by Gasteiger charge is 2.38. The SMILES string of the molecule is C[C@@H]1OC(=O)[C@@H](O)[C@@H]1I. The lowest BCUT2D eigenvalue weighted by molar-refractivity contribution is -0.146. The number of halogens is 1. The molecular formula is C5H7IO3. The molecule has 1 rings (SSSR count). The quantitative estimate of drug-likeness (QED) is 0.372. The third-order valence-corrected chi connectivity index (χ3v) is 2.99. The summed E-state index contributed by atoms with van der Waals surface area (Å²) in [6.07, 6.45) is -1.06. The fourth-order valence-electron chi connectivity index (χ4n) is 0.705. The molecule has 0 aromatic rings. The van der Waals surface area contributed by atoms with E-state index in [1.165, 1.54) is 0 Å². The molecule has 9 heavy (non-hydrogen) atoms. The molecule has 1 N–H and O–H groups in total. The second kappa shape index (κ2) is 2.42. The summed E-state index contributed by atoms with van der Waals surface area (Å²) in [5.74, 6) is -0.498. The molecule has 52 valence electrons. The maximum absolute atomic E-state index is 10.5. The lowest BCUT2D eigenvalue weighted by Gasteiger charge is -2.03. The first-order valence-corrected chi connectivity index (χ1v) is 3.90. The van der Waals surface area contributed by atoms with Crippen LogP contribution in [-0.2, 0) is 9.53 Å². The Hall–Kier alpha value is 0.160. The molecule has 0 unspecified atom stereocenters. The molecule has 0 aliphatic carbocycles. The maximum atomic E-state index is 10.5. The van der Waals surface area contributed by atoms with Crippen molar-refractivity contribution in [2.24, 2.45) is 0 Å². The zero-order valence-electron chi connectivity index (χ0n) is 4.87. The summed E-state index contributed by atoms with van der Waals surface area (Å²) in [5, 5.41) is 8.95. The number of esters is 1. The summed E-state index contributed by atoms with van der Waals surface area (Å²) < 4.78 is 4.60. The van der Waals surface area contributed by atoms with Gasteiger partial charge in [-0.2, -0.15) is 0 Å². The van der Waals surface area contributed by atoms with Crippen molar-refractivity contribution in [1.82, 2.24) is 0 Å². The van der Waals surface area contributed by atoms with Crippen molar-refractivity contribution in [2.45, 2.75) is 23.1 Å². The van der Waals surface area contributed by atoms with Crippen LogP contribution in [0, 0.1) is 0 Å². The van der Waals surface area contributed by atoms with Gasteiger partial charge in [-0.1, -0.05) is 22.6 Å². The standard InChI is InChI=1S/C5H7IO3/c1-2-3(6)4(7)5(8)9-2/h2-4,7H,1H3/t2-,3+,4-/m0/s1. The van der Waals surface area contributed by atoms with Crippen LogP contribution in [0.1, 0.15) is 6.92 Å². The third-order valence-electron chi connectivity index (χ3n) is 1.29. The molecule has 0 spiro atoms. The molecule has 3 atom stereocenters. The molecule has 1 fully saturated rings. The summed E-state index contributed by atoms with van der Waals surface area (Å²) in [6.45, 7) is 1.77. The van der Waals surface area contributed by atoms with E-state index in [-0.39, 0.29) is 10.0 Å². The Morgan fingerprint density at radius 1 is 1.78 bits per heavy atom. The van der Waals surface area contributed by atoms with Crippen LogP contribution in [0.25, 0.3) is 0 Å². The predicted molar refractivity (Wildman–Crippen MR) is 39.4 cm³/mol. The van der Waals surface area contributed by atoms with E-state index in [4.69, 9.17) is 5.11 Å². The van der Waals surface area contributed by atoms with Crippen LogP contribution in [0.4, 0.5) is 0 Å². The van der Waals surface area contributed by atoms with Gasteiger partial charge < -0.3 is 9.84 Å². The van der Waals surface area contributed by atoms with Gasteiger partial charge in [-0.3, -0.25) is 0 Å². The number of cyclic esters (lactones) is 1. The van der Waals surface area contributed by atoms with Gasteiger partial charge in [-0.05, 0) is 6.92 Å². The molecule has 4 heteroatoms. The van der Waals surface area contributed by atoms with E-state index in [0.29, 0.717) is 0 Å². The number of aliphatic hydroxyl groups excluding tert-OH is 1. The van der Waals surface area contributed by atoms with Crippen molar-refractivity contribution in [3.63, 3.8) is 0 Å². The summed E-state index contributed by atoms with van der Waals surface area (Å²) in [4.78, 5) is 10.5. The first-order chi connectivity index (χ1) is 4.13. The lowest BCUT2D eigenvalue weighted by Crippen LogP contribution is -2.23. The molecule has 0 saturated carbocycles. The van der Waals surface area contributed by atoms with Gasteiger partial charge in [0.15, 0.2) is 6.10 Å². The first kappa shape index (κ1) is 7.27. The number of hydrogen-bond donors (Lipinski definition) is 1. The van der Waals surface area contributed by atoms with Crippen molar-refractivity contribution in [3.05, 3.63) is 0 Å². The van der Waals surface area contributed by atoms with E-state index in [9.17, 15) is 4.79 Å². The zero-order chi connectivity index (χ0) is 7.02. The minimum atomic E-state index is -0.916. The molecular weight excluding hydrogens is 235 g/mol. The van der Waals surface area contributed by atoms with Crippen LogP contribution in [0.5, 0.6) is 0 Å². The molecule has 1 heterocycles. The second-order valence-corrected chi connectivity index (χ2v) is 3.47. The highest BCUT2D eigenvalue weighted by molar-refractivity contribution is 14.1. The summed E-state index contributed by atoms with van der Waals surface area (Å²) >= 11 is 2.00. The second-order valence-electron chi connectivity index (χ2n) is 2.03. The Morgan fingerprint density at radius 3 is 2.44 bits per heavy atom. The van der Waals surface area contributed by atoms with E-state index >= 15 is 0 Å². The fourth-order valence-corrected chi connectivity index (χ4v) is 1.15. The minimum Gasteiger partial charge on any atom is -0.459 e. The predicted octanol–water partition coefficient (Wildman–Crippen LogP) is 0.0962. The summed E-state index contributed by atoms with van der Waals surface area (Å²) in [5.41, 5.74) is 0. The Morgan fingerprint density at radius 2 is 2.33 bits per heavy atom. The normalized spacial score (nSPS) is 43.0. The Kier molecular flexibility index (Phi) is 1.95. The van der Waals surface area contributed by atoms with E-state index < -0.39 is 12.1 Å². The largest absolute Gasteiger partial charge is 0.459 e. The van der Waals surface area contributed by atoms with Crippen LogP contribution in [0.3, 0.4) is 0 Å². The number of carbonyl (C=O) groups excluding carboxylic acids is 1. The van der Waals surface area contributed by atoms with Gasteiger partial charge in [0.05, 0.1) is 3.92 Å². The minimum absolute atomic E-state index is 0.0879. The molecule has 1 aliphatic rings. The average Bonchev–Trinajstić information content (AvgIpc) is 1.98. The van der Waals surface area contributed by atoms with Gasteiger partial charge in [0.2, 0.25) is 0 Å². The number of aliphatic hydroxyl groups is 1. The Bertz CT molecular complexity index is 136. The van der Waals surface area contributed by atoms with Gasteiger partial charge in [0.25, 0.3) is 0 Å². The summed E-state index contributed by atoms with van der Waals surface area (Å²) in [7, 11) is 0. The number of alkyl halides is 1. The van der Waals surface area contributed by atoms with E-state index in [1.54, 1.807) is 6.92 Å². The molecule has 0 bridgehead atoms. The van der Waals surface area contributed by atoms with Crippen LogP contribution >= 0.6 is 22.6 Å². The maximum Gasteiger partial charge on any atom is 0.336 e. The molecule has 3 nitrogen and oxygen atoms in total. The first-order valence-electron chi connectivity index (χ1n) is 2.65. The Balaban J connectivity index is 2.65. The number of ether oxygens (including phenoxy) is 1. The molecule has 0 aromatic heterocycles. The third kappa shape index (κ3) is 1.19. The highest BCUT2D eigenvalue weighted by Crippen LogP contribution is 2.22. The van der Waals surface area contributed by atoms with Gasteiger partial charge in [0, 0.05) is 0 Å². The molecule has 1 saturated heterocycles. The zero-order valence-corrected chi connectivity index (χ0v) is 7.03. The van der Waals surface area contributed by atoms with Crippen LogP contribution in [0.2, 0.25) is 0 Å². The van der Waals surface area contributed by atoms with Gasteiger partial charge >= 0.3 is 5.97 Å². The lowest BCUT2D eigenvalue weighted by atomic mass is 10.2. The monoisotopic (exact) mass is 242 g/mol. The van der Waals surface area contributed by atoms with E-state index in [2.05, 4.69) is 4.74 Å².